The van der Waals surface area contributed by atoms with E-state index >= 15 is 0 Å². The van der Waals surface area contributed by atoms with Crippen molar-refractivity contribution < 1.29 is 14.3 Å². The number of anilines is 1. The number of nitrogens with one attached hydrogen (secondary N) is 1. The van der Waals surface area contributed by atoms with Crippen molar-refractivity contribution in [3.8, 4) is 11.5 Å². The van der Waals surface area contributed by atoms with E-state index in [1.54, 1.807) is 12.1 Å². The van der Waals surface area contributed by atoms with Crippen LogP contribution in [-0.2, 0) is 17.8 Å². The number of hydrogen-bond donors (Lipinski definition) is 1. The van der Waals surface area contributed by atoms with E-state index in [-0.39, 0.29) is 12.5 Å². The summed E-state index contributed by atoms with van der Waals surface area (Å²) in [6, 6.07) is 10.8. The third-order valence-electron chi connectivity index (χ3n) is 4.35. The van der Waals surface area contributed by atoms with Gasteiger partial charge in [-0.15, -0.1) is 5.10 Å². The Hall–Kier alpha value is -3.42. The molecule has 1 aliphatic rings. The van der Waals surface area contributed by atoms with Crippen LogP contribution in [0.2, 0.25) is 0 Å². The van der Waals surface area contributed by atoms with E-state index < -0.39 is 5.56 Å². The molecule has 0 atom stereocenters. The van der Waals surface area contributed by atoms with Gasteiger partial charge in [0.25, 0.3) is 5.56 Å². The van der Waals surface area contributed by atoms with Crippen LogP contribution in [0.1, 0.15) is 12.5 Å². The molecule has 1 aliphatic heterocycles. The number of nitrogens with zero attached hydrogens (tertiary/aromatic N) is 3. The first-order valence-corrected chi connectivity index (χ1v) is 8.70. The number of fused-ring (bicyclic) bond motifs is 2. The van der Waals surface area contributed by atoms with Crippen molar-refractivity contribution in [1.29, 1.82) is 0 Å². The van der Waals surface area contributed by atoms with Gasteiger partial charge in [-0.2, -0.15) is 0 Å². The van der Waals surface area contributed by atoms with Gasteiger partial charge in [0.1, 0.15) is 25.3 Å². The minimum Gasteiger partial charge on any atom is -0.486 e. The molecule has 0 radical (unpaired) electrons. The highest BCUT2D eigenvalue weighted by Gasteiger charge is 2.17. The van der Waals surface area contributed by atoms with Gasteiger partial charge in [-0.3, -0.25) is 9.59 Å². The number of aryl methyl sites for hydroxylation is 1. The van der Waals surface area contributed by atoms with E-state index in [1.807, 2.05) is 31.2 Å². The molecule has 0 fully saturated rings. The van der Waals surface area contributed by atoms with Crippen molar-refractivity contribution in [3.63, 3.8) is 0 Å². The topological polar surface area (TPSA) is 95.3 Å². The van der Waals surface area contributed by atoms with Crippen LogP contribution >= 0.6 is 0 Å². The van der Waals surface area contributed by atoms with Crippen LogP contribution in [0.25, 0.3) is 10.9 Å². The Kier molecular flexibility index (Phi) is 4.45. The van der Waals surface area contributed by atoms with Gasteiger partial charge < -0.3 is 14.8 Å². The van der Waals surface area contributed by atoms with Gasteiger partial charge in [0.05, 0.1) is 5.39 Å². The molecule has 1 N–H and O–H groups in total. The van der Waals surface area contributed by atoms with Gasteiger partial charge in [0, 0.05) is 11.8 Å². The molecule has 1 aromatic heterocycles. The number of aromatic nitrogens is 3. The van der Waals surface area contributed by atoms with Crippen LogP contribution in [0, 0.1) is 0 Å². The molecule has 0 saturated carbocycles. The summed E-state index contributed by atoms with van der Waals surface area (Å²) in [6.45, 7) is 2.65. The van der Waals surface area contributed by atoms with Crippen LogP contribution in [-0.4, -0.2) is 34.1 Å². The Morgan fingerprint density at radius 3 is 2.70 bits per heavy atom. The number of para-hydroxylation sites is 1. The number of amides is 1. The number of carbonyl (C=O) groups is 1. The third-order valence-corrected chi connectivity index (χ3v) is 4.35. The van der Waals surface area contributed by atoms with Crippen LogP contribution < -0.4 is 20.3 Å². The van der Waals surface area contributed by atoms with Gasteiger partial charge in [0.15, 0.2) is 11.5 Å². The highest BCUT2D eigenvalue weighted by molar-refractivity contribution is 5.91. The Morgan fingerprint density at radius 1 is 1.19 bits per heavy atom. The second-order valence-corrected chi connectivity index (χ2v) is 6.12. The predicted octanol–water partition coefficient (Wildman–Crippen LogP) is 1.76. The van der Waals surface area contributed by atoms with E-state index in [2.05, 4.69) is 15.6 Å². The van der Waals surface area contributed by atoms with Crippen LogP contribution in [0.5, 0.6) is 11.5 Å². The monoisotopic (exact) mass is 366 g/mol. The van der Waals surface area contributed by atoms with E-state index in [0.29, 0.717) is 35.6 Å². The fourth-order valence-corrected chi connectivity index (χ4v) is 2.99. The summed E-state index contributed by atoms with van der Waals surface area (Å²) in [5, 5.41) is 11.1. The molecule has 0 saturated heterocycles. The maximum absolute atomic E-state index is 12.7. The van der Waals surface area contributed by atoms with Crippen molar-refractivity contribution in [3.05, 3.63) is 52.3 Å². The Bertz CT molecular complexity index is 1080. The van der Waals surface area contributed by atoms with Crippen molar-refractivity contribution in [2.45, 2.75) is 19.9 Å². The number of benzene rings is 2. The van der Waals surface area contributed by atoms with E-state index in [4.69, 9.17) is 9.47 Å². The summed E-state index contributed by atoms with van der Waals surface area (Å²) in [5.74, 6) is 0.685. The highest BCUT2D eigenvalue weighted by atomic mass is 16.6. The first kappa shape index (κ1) is 17.0. The lowest BCUT2D eigenvalue weighted by Gasteiger charge is -2.18. The van der Waals surface area contributed by atoms with Gasteiger partial charge >= 0.3 is 0 Å². The van der Waals surface area contributed by atoms with Crippen molar-refractivity contribution in [1.82, 2.24) is 15.0 Å². The van der Waals surface area contributed by atoms with Crippen molar-refractivity contribution in [2.75, 3.05) is 18.5 Å². The summed E-state index contributed by atoms with van der Waals surface area (Å²) in [7, 11) is 0. The molecule has 4 rings (SSSR count). The maximum Gasteiger partial charge on any atom is 0.278 e. The molecule has 0 aliphatic carbocycles. The predicted molar refractivity (Wildman–Crippen MR) is 99.2 cm³/mol. The second-order valence-electron chi connectivity index (χ2n) is 6.12. The Morgan fingerprint density at radius 2 is 1.93 bits per heavy atom. The number of rotatable bonds is 4. The Balaban J connectivity index is 1.61. The van der Waals surface area contributed by atoms with Gasteiger partial charge in [-0.1, -0.05) is 30.3 Å². The van der Waals surface area contributed by atoms with Gasteiger partial charge in [-0.25, -0.2) is 4.68 Å². The lowest BCUT2D eigenvalue weighted by molar-refractivity contribution is -0.117. The molecule has 2 aromatic carbocycles. The van der Waals surface area contributed by atoms with Crippen LogP contribution in [0.4, 0.5) is 5.69 Å². The van der Waals surface area contributed by atoms with Crippen molar-refractivity contribution in [2.24, 2.45) is 0 Å². The highest BCUT2D eigenvalue weighted by Crippen LogP contribution is 2.32. The summed E-state index contributed by atoms with van der Waals surface area (Å²) in [6.07, 6.45) is 0.791. The average Bonchev–Trinajstić information content (AvgIpc) is 2.69. The van der Waals surface area contributed by atoms with E-state index in [0.717, 1.165) is 22.4 Å². The Labute approximate surface area is 154 Å². The summed E-state index contributed by atoms with van der Waals surface area (Å²) < 4.78 is 12.0. The minimum atomic E-state index is -0.407. The molecule has 0 unspecified atom stereocenters. The molecule has 8 heteroatoms. The average molecular weight is 366 g/mol. The maximum atomic E-state index is 12.7. The standard InChI is InChI=1S/C19H18N4O4/c1-2-12-5-3-4-6-14(12)20-18(24)11-23-19(25)13-9-16-17(27-8-7-26-16)10-15(13)21-22-23/h3-6,9-10H,2,7-8,11H2,1H3,(H,20,24). The molecule has 27 heavy (non-hydrogen) atoms. The van der Waals surface area contributed by atoms with Gasteiger partial charge in [-0.05, 0) is 24.1 Å². The first-order chi connectivity index (χ1) is 13.2. The normalized spacial score (nSPS) is 12.8. The molecule has 138 valence electrons. The summed E-state index contributed by atoms with van der Waals surface area (Å²) >= 11 is 0. The zero-order valence-corrected chi connectivity index (χ0v) is 14.8. The zero-order valence-electron chi connectivity index (χ0n) is 14.8. The second kappa shape index (κ2) is 7.06. The van der Waals surface area contributed by atoms with E-state index in [1.165, 1.54) is 0 Å². The third kappa shape index (κ3) is 3.33. The molecule has 0 bridgehead atoms. The molecule has 1 amide bonds. The fourth-order valence-electron chi connectivity index (χ4n) is 2.99. The number of ether oxygens (including phenoxy) is 2. The number of hydrogen-bond acceptors (Lipinski definition) is 6. The minimum absolute atomic E-state index is 0.228. The molecule has 0 spiro atoms. The smallest absolute Gasteiger partial charge is 0.278 e. The quantitative estimate of drug-likeness (QED) is 0.756. The van der Waals surface area contributed by atoms with Crippen molar-refractivity contribution >= 4 is 22.5 Å². The van der Waals surface area contributed by atoms with Crippen LogP contribution in [0.3, 0.4) is 0 Å². The molecular formula is C19H18N4O4. The van der Waals surface area contributed by atoms with E-state index in [9.17, 15) is 9.59 Å². The zero-order chi connectivity index (χ0) is 18.8. The lowest BCUT2D eigenvalue weighted by Crippen LogP contribution is -2.30. The SMILES string of the molecule is CCc1ccccc1NC(=O)Cn1nnc2cc3c(cc2c1=O)OCCO3. The molecule has 8 nitrogen and oxygen atoms in total. The van der Waals surface area contributed by atoms with Gasteiger partial charge in [0.2, 0.25) is 5.91 Å². The van der Waals surface area contributed by atoms with Crippen LogP contribution in [0.15, 0.2) is 41.2 Å². The molecule has 3 aromatic rings. The summed E-state index contributed by atoms with van der Waals surface area (Å²) in [4.78, 5) is 25.1. The first-order valence-electron chi connectivity index (χ1n) is 8.70. The largest absolute Gasteiger partial charge is 0.486 e. The number of carbonyl (C=O) groups excluding carboxylic acids is 1. The lowest BCUT2D eigenvalue weighted by atomic mass is 10.1. The molecule has 2 heterocycles. The fraction of sp³-hybridized carbons (Fsp3) is 0.263. The summed E-state index contributed by atoms with van der Waals surface area (Å²) in [5.41, 5.74) is 1.74. The molecular weight excluding hydrogens is 348 g/mol.